The topological polar surface area (TPSA) is 38.4 Å². The van der Waals surface area contributed by atoms with Crippen LogP contribution in [0.25, 0.3) is 11.0 Å². The van der Waals surface area contributed by atoms with Gasteiger partial charge in [0.2, 0.25) is 0 Å². The molecule has 0 radical (unpaired) electrons. The number of likely N-dealkylation sites (tertiary alicyclic amines) is 1. The molecule has 0 unspecified atom stereocenters. The van der Waals surface area contributed by atoms with Crippen LogP contribution in [0.4, 0.5) is 0 Å². The van der Waals surface area contributed by atoms with Crippen molar-refractivity contribution < 1.29 is 0 Å². The summed E-state index contributed by atoms with van der Waals surface area (Å²) in [6.07, 6.45) is 4.71. The Morgan fingerprint density at radius 1 is 1.08 bits per heavy atom. The number of pyridine rings is 1. The van der Waals surface area contributed by atoms with Crippen LogP contribution in [0.2, 0.25) is 0 Å². The van der Waals surface area contributed by atoms with Gasteiger partial charge in [-0.25, -0.2) is 4.98 Å². The van der Waals surface area contributed by atoms with Crippen LogP contribution in [0.5, 0.6) is 0 Å². The highest BCUT2D eigenvalue weighted by Gasteiger charge is 2.23. The molecular formula is C21H35N5. The summed E-state index contributed by atoms with van der Waals surface area (Å²) in [6.45, 7) is 12.8. The molecule has 1 fully saturated rings. The normalized spacial score (nSPS) is 16.4. The molecule has 5 heteroatoms. The number of aromatic nitrogens is 2. The van der Waals surface area contributed by atoms with Crippen LogP contribution in [0.1, 0.15) is 32.4 Å². The molecule has 1 aliphatic heterocycles. The number of nitrogens with zero attached hydrogens (tertiary/aromatic N) is 4. The molecule has 0 saturated carbocycles. The van der Waals surface area contributed by atoms with Gasteiger partial charge in [-0.1, -0.05) is 13.8 Å². The molecule has 26 heavy (non-hydrogen) atoms. The van der Waals surface area contributed by atoms with Crippen LogP contribution >= 0.6 is 0 Å². The fourth-order valence-electron chi connectivity index (χ4n) is 4.30. The predicted molar refractivity (Wildman–Crippen MR) is 109 cm³/mol. The Morgan fingerprint density at radius 2 is 1.81 bits per heavy atom. The van der Waals surface area contributed by atoms with Crippen molar-refractivity contribution in [2.24, 2.45) is 5.41 Å². The SMILES string of the molecule is CN(CCN1CCCC1)CC(C)(C)CN(C)Cc1ccc2cc[nH]c2n1. The highest BCUT2D eigenvalue weighted by Crippen LogP contribution is 2.19. The summed E-state index contributed by atoms with van der Waals surface area (Å²) in [4.78, 5) is 15.4. The third kappa shape index (κ3) is 5.53. The maximum absolute atomic E-state index is 4.73. The van der Waals surface area contributed by atoms with Crippen LogP contribution < -0.4 is 0 Å². The van der Waals surface area contributed by atoms with Gasteiger partial charge in [-0.15, -0.1) is 0 Å². The second kappa shape index (κ2) is 8.51. The number of rotatable bonds is 9. The van der Waals surface area contributed by atoms with Gasteiger partial charge in [0.1, 0.15) is 5.65 Å². The second-order valence-electron chi connectivity index (χ2n) is 8.84. The summed E-state index contributed by atoms with van der Waals surface area (Å²) in [5.41, 5.74) is 2.36. The van der Waals surface area contributed by atoms with Gasteiger partial charge in [-0.2, -0.15) is 0 Å². The van der Waals surface area contributed by atoms with E-state index in [1.807, 2.05) is 6.20 Å². The molecule has 0 amide bonds. The molecule has 5 nitrogen and oxygen atoms in total. The lowest BCUT2D eigenvalue weighted by atomic mass is 9.92. The summed E-state index contributed by atoms with van der Waals surface area (Å²) in [5, 5.41) is 1.18. The van der Waals surface area contributed by atoms with Crippen molar-refractivity contribution in [3.05, 3.63) is 30.1 Å². The number of hydrogen-bond acceptors (Lipinski definition) is 4. The van der Waals surface area contributed by atoms with Gasteiger partial charge >= 0.3 is 0 Å². The Balaban J connectivity index is 1.45. The Hall–Kier alpha value is -1.43. The maximum Gasteiger partial charge on any atom is 0.137 e. The minimum atomic E-state index is 0.255. The lowest BCUT2D eigenvalue weighted by molar-refractivity contribution is 0.138. The Bertz CT molecular complexity index is 687. The maximum atomic E-state index is 4.73. The van der Waals surface area contributed by atoms with Crippen molar-refractivity contribution in [1.82, 2.24) is 24.7 Å². The number of likely N-dealkylation sites (N-methyl/N-ethyl adjacent to an activating group) is 1. The number of aromatic amines is 1. The molecule has 0 aliphatic carbocycles. The zero-order valence-electron chi connectivity index (χ0n) is 17.0. The van der Waals surface area contributed by atoms with E-state index >= 15 is 0 Å². The molecular weight excluding hydrogens is 322 g/mol. The zero-order valence-corrected chi connectivity index (χ0v) is 17.0. The van der Waals surface area contributed by atoms with Crippen molar-refractivity contribution in [2.75, 3.05) is 53.4 Å². The van der Waals surface area contributed by atoms with Crippen LogP contribution in [-0.4, -0.2) is 78.0 Å². The summed E-state index contributed by atoms with van der Waals surface area (Å²) >= 11 is 0. The molecule has 1 N–H and O–H groups in total. The zero-order chi connectivity index (χ0) is 18.6. The van der Waals surface area contributed by atoms with Crippen LogP contribution in [0.15, 0.2) is 24.4 Å². The highest BCUT2D eigenvalue weighted by atomic mass is 15.2. The Morgan fingerprint density at radius 3 is 2.58 bits per heavy atom. The van der Waals surface area contributed by atoms with Crippen molar-refractivity contribution >= 4 is 11.0 Å². The van der Waals surface area contributed by atoms with E-state index in [2.05, 4.69) is 65.8 Å². The van der Waals surface area contributed by atoms with E-state index in [1.54, 1.807) is 0 Å². The highest BCUT2D eigenvalue weighted by molar-refractivity contribution is 5.75. The van der Waals surface area contributed by atoms with Gasteiger partial charge < -0.3 is 14.8 Å². The molecule has 1 saturated heterocycles. The molecule has 2 aromatic rings. The lowest BCUT2D eigenvalue weighted by Gasteiger charge is -2.34. The van der Waals surface area contributed by atoms with E-state index in [-0.39, 0.29) is 5.41 Å². The number of nitrogens with one attached hydrogen (secondary N) is 1. The number of H-pyrrole nitrogens is 1. The smallest absolute Gasteiger partial charge is 0.137 e. The standard InChI is InChI=1S/C21H35N5/c1-21(2,16-24(3)13-14-26-11-5-6-12-26)17-25(4)15-19-8-7-18-9-10-22-20(18)23-19/h7-10H,5-6,11-17H2,1-4H3,(H,22,23). The molecule has 144 valence electrons. The Labute approximate surface area is 158 Å². The lowest BCUT2D eigenvalue weighted by Crippen LogP contribution is -2.41. The third-order valence-corrected chi connectivity index (χ3v) is 5.29. The average molecular weight is 358 g/mol. The van der Waals surface area contributed by atoms with Crippen molar-refractivity contribution in [3.63, 3.8) is 0 Å². The first-order valence-electron chi connectivity index (χ1n) is 9.94. The van der Waals surface area contributed by atoms with Crippen molar-refractivity contribution in [1.29, 1.82) is 0 Å². The minimum absolute atomic E-state index is 0.255. The first-order valence-corrected chi connectivity index (χ1v) is 9.94. The summed E-state index contributed by atoms with van der Waals surface area (Å²) < 4.78 is 0. The average Bonchev–Trinajstić information content (AvgIpc) is 3.22. The van der Waals surface area contributed by atoms with Crippen LogP contribution in [-0.2, 0) is 6.54 Å². The van der Waals surface area contributed by atoms with Crippen molar-refractivity contribution in [3.8, 4) is 0 Å². The molecule has 0 aromatic carbocycles. The molecule has 0 bridgehead atoms. The molecule has 0 atom stereocenters. The number of fused-ring (bicyclic) bond motifs is 1. The van der Waals surface area contributed by atoms with E-state index in [0.717, 1.165) is 37.5 Å². The first kappa shape index (κ1) is 19.3. The monoisotopic (exact) mass is 357 g/mol. The van der Waals surface area contributed by atoms with Gasteiger partial charge in [0.25, 0.3) is 0 Å². The van der Waals surface area contributed by atoms with Crippen LogP contribution in [0, 0.1) is 5.41 Å². The van der Waals surface area contributed by atoms with E-state index < -0.39 is 0 Å². The summed E-state index contributed by atoms with van der Waals surface area (Å²) in [7, 11) is 4.46. The quantitative estimate of drug-likeness (QED) is 0.749. The fourth-order valence-corrected chi connectivity index (χ4v) is 4.30. The van der Waals surface area contributed by atoms with Gasteiger partial charge in [0.05, 0.1) is 5.69 Å². The van der Waals surface area contributed by atoms with Gasteiger partial charge in [0.15, 0.2) is 0 Å². The molecule has 2 aromatic heterocycles. The van der Waals surface area contributed by atoms with E-state index in [0.29, 0.717) is 0 Å². The van der Waals surface area contributed by atoms with Gasteiger partial charge in [-0.05, 0) is 63.6 Å². The van der Waals surface area contributed by atoms with Crippen LogP contribution in [0.3, 0.4) is 0 Å². The first-order chi connectivity index (χ1) is 12.4. The fraction of sp³-hybridized carbons (Fsp3) is 0.667. The van der Waals surface area contributed by atoms with E-state index in [4.69, 9.17) is 4.98 Å². The van der Waals surface area contributed by atoms with Gasteiger partial charge in [-0.3, -0.25) is 4.90 Å². The molecule has 0 spiro atoms. The van der Waals surface area contributed by atoms with Crippen molar-refractivity contribution in [2.45, 2.75) is 33.2 Å². The molecule has 3 rings (SSSR count). The summed E-state index contributed by atoms with van der Waals surface area (Å²) in [5.74, 6) is 0. The molecule has 3 heterocycles. The molecule has 1 aliphatic rings. The van der Waals surface area contributed by atoms with Gasteiger partial charge in [0, 0.05) is 44.3 Å². The summed E-state index contributed by atoms with van der Waals surface area (Å²) in [6, 6.07) is 6.36. The third-order valence-electron chi connectivity index (χ3n) is 5.29. The predicted octanol–water partition coefficient (Wildman–Crippen LogP) is 3.05. The van der Waals surface area contributed by atoms with E-state index in [9.17, 15) is 0 Å². The largest absolute Gasteiger partial charge is 0.346 e. The number of hydrogen-bond donors (Lipinski definition) is 1. The van der Waals surface area contributed by atoms with E-state index in [1.165, 1.54) is 37.9 Å². The minimum Gasteiger partial charge on any atom is -0.346 e. The second-order valence-corrected chi connectivity index (χ2v) is 8.84. The Kier molecular flexibility index (Phi) is 6.33.